The van der Waals surface area contributed by atoms with Crippen molar-refractivity contribution in [2.45, 2.75) is 0 Å². The number of hydrogen-bond acceptors (Lipinski definition) is 1. The zero-order valence-electron chi connectivity index (χ0n) is 13.0. The standard InChI is InChI=1S/C21H16N2O/c24-21(20-14-16-10-4-6-12-18(16)22-20)23-19-13-7-5-11-17(19)15-8-2-1-3-9-15/h1-14,22H,(H,23,24). The van der Waals surface area contributed by atoms with Gasteiger partial charge in [0.05, 0.1) is 0 Å². The Morgan fingerprint density at radius 1 is 0.792 bits per heavy atom. The third-order valence-corrected chi connectivity index (χ3v) is 4.03. The molecule has 3 nitrogen and oxygen atoms in total. The van der Waals surface area contributed by atoms with Crippen LogP contribution in [0.3, 0.4) is 0 Å². The van der Waals surface area contributed by atoms with Gasteiger partial charge in [0, 0.05) is 22.2 Å². The maximum atomic E-state index is 12.6. The highest BCUT2D eigenvalue weighted by atomic mass is 16.1. The molecule has 0 unspecified atom stereocenters. The van der Waals surface area contributed by atoms with Gasteiger partial charge >= 0.3 is 0 Å². The molecule has 0 saturated carbocycles. The van der Waals surface area contributed by atoms with Crippen LogP contribution in [0, 0.1) is 0 Å². The molecule has 0 saturated heterocycles. The Morgan fingerprint density at radius 2 is 1.50 bits per heavy atom. The highest BCUT2D eigenvalue weighted by molar-refractivity contribution is 6.07. The number of para-hydroxylation sites is 2. The van der Waals surface area contributed by atoms with Crippen LogP contribution >= 0.6 is 0 Å². The van der Waals surface area contributed by atoms with Gasteiger partial charge in [-0.2, -0.15) is 0 Å². The number of carbonyl (C=O) groups is 1. The molecule has 0 radical (unpaired) electrons. The lowest BCUT2D eigenvalue weighted by molar-refractivity contribution is 0.102. The third kappa shape index (κ3) is 2.68. The molecule has 1 amide bonds. The van der Waals surface area contributed by atoms with E-state index in [1.165, 1.54) is 0 Å². The first-order valence-corrected chi connectivity index (χ1v) is 7.85. The molecule has 4 rings (SSSR count). The quantitative estimate of drug-likeness (QED) is 0.544. The van der Waals surface area contributed by atoms with Crippen molar-refractivity contribution in [2.24, 2.45) is 0 Å². The van der Waals surface area contributed by atoms with Crippen LogP contribution in [0.15, 0.2) is 84.9 Å². The van der Waals surface area contributed by atoms with E-state index in [9.17, 15) is 4.79 Å². The zero-order chi connectivity index (χ0) is 16.4. The van der Waals surface area contributed by atoms with E-state index in [-0.39, 0.29) is 5.91 Å². The summed E-state index contributed by atoms with van der Waals surface area (Å²) in [5, 5.41) is 4.04. The van der Waals surface area contributed by atoms with Crippen molar-refractivity contribution in [3.05, 3.63) is 90.6 Å². The first-order valence-electron chi connectivity index (χ1n) is 7.85. The molecule has 0 aliphatic rings. The van der Waals surface area contributed by atoms with Crippen molar-refractivity contribution in [3.8, 4) is 11.1 Å². The van der Waals surface area contributed by atoms with Gasteiger partial charge in [0.1, 0.15) is 5.69 Å². The topological polar surface area (TPSA) is 44.9 Å². The summed E-state index contributed by atoms with van der Waals surface area (Å²) < 4.78 is 0. The molecule has 116 valence electrons. The fourth-order valence-electron chi connectivity index (χ4n) is 2.85. The highest BCUT2D eigenvalue weighted by Gasteiger charge is 2.12. The van der Waals surface area contributed by atoms with Gasteiger partial charge in [0.25, 0.3) is 5.91 Å². The second kappa shape index (κ2) is 6.05. The number of anilines is 1. The van der Waals surface area contributed by atoms with E-state index in [1.54, 1.807) is 0 Å². The molecule has 0 spiro atoms. The van der Waals surface area contributed by atoms with Crippen molar-refractivity contribution in [1.29, 1.82) is 0 Å². The summed E-state index contributed by atoms with van der Waals surface area (Å²) >= 11 is 0. The molecule has 3 aromatic carbocycles. The lowest BCUT2D eigenvalue weighted by atomic mass is 10.0. The minimum atomic E-state index is -0.144. The SMILES string of the molecule is O=C(Nc1ccccc1-c1ccccc1)c1cc2ccccc2[nH]1. The van der Waals surface area contributed by atoms with E-state index in [4.69, 9.17) is 0 Å². The van der Waals surface area contributed by atoms with Crippen molar-refractivity contribution in [2.75, 3.05) is 5.32 Å². The molecule has 24 heavy (non-hydrogen) atoms. The molecule has 3 heteroatoms. The Hall–Kier alpha value is -3.33. The fourth-order valence-corrected chi connectivity index (χ4v) is 2.85. The molecular weight excluding hydrogens is 296 g/mol. The van der Waals surface area contributed by atoms with E-state index in [0.717, 1.165) is 27.7 Å². The van der Waals surface area contributed by atoms with Crippen LogP contribution in [-0.4, -0.2) is 10.9 Å². The number of hydrogen-bond donors (Lipinski definition) is 2. The minimum Gasteiger partial charge on any atom is -0.351 e. The Balaban J connectivity index is 1.67. The zero-order valence-corrected chi connectivity index (χ0v) is 13.0. The normalized spacial score (nSPS) is 10.7. The monoisotopic (exact) mass is 312 g/mol. The van der Waals surface area contributed by atoms with Crippen LogP contribution in [0.25, 0.3) is 22.0 Å². The van der Waals surface area contributed by atoms with E-state index in [2.05, 4.69) is 10.3 Å². The molecule has 0 fully saturated rings. The van der Waals surface area contributed by atoms with Gasteiger partial charge in [-0.25, -0.2) is 0 Å². The van der Waals surface area contributed by atoms with Crippen molar-refractivity contribution in [1.82, 2.24) is 4.98 Å². The van der Waals surface area contributed by atoms with Gasteiger partial charge in [0.15, 0.2) is 0 Å². The first-order chi connectivity index (χ1) is 11.8. The lowest BCUT2D eigenvalue weighted by Crippen LogP contribution is -2.12. The number of rotatable bonds is 3. The number of amides is 1. The molecule has 0 aliphatic carbocycles. The summed E-state index contributed by atoms with van der Waals surface area (Å²) in [4.78, 5) is 15.8. The van der Waals surface area contributed by atoms with Gasteiger partial charge in [-0.1, -0.05) is 66.7 Å². The number of H-pyrrole nitrogens is 1. The summed E-state index contributed by atoms with van der Waals surface area (Å²) in [6.07, 6.45) is 0. The Morgan fingerprint density at radius 3 is 2.33 bits per heavy atom. The van der Waals surface area contributed by atoms with Crippen molar-refractivity contribution < 1.29 is 4.79 Å². The van der Waals surface area contributed by atoms with Gasteiger partial charge in [-0.05, 0) is 23.8 Å². The van der Waals surface area contributed by atoms with Crippen LogP contribution in [0.4, 0.5) is 5.69 Å². The number of benzene rings is 3. The molecular formula is C21H16N2O. The molecule has 0 atom stereocenters. The number of fused-ring (bicyclic) bond motifs is 1. The fraction of sp³-hybridized carbons (Fsp3) is 0. The summed E-state index contributed by atoms with van der Waals surface area (Å²) in [5.41, 5.74) is 4.39. The Labute approximate surface area is 140 Å². The second-order valence-electron chi connectivity index (χ2n) is 5.64. The summed E-state index contributed by atoms with van der Waals surface area (Å²) in [5.74, 6) is -0.144. The highest BCUT2D eigenvalue weighted by Crippen LogP contribution is 2.28. The van der Waals surface area contributed by atoms with Gasteiger partial charge in [-0.15, -0.1) is 0 Å². The van der Waals surface area contributed by atoms with Crippen LogP contribution in [0.5, 0.6) is 0 Å². The Bertz CT molecular complexity index is 969. The second-order valence-corrected chi connectivity index (χ2v) is 5.64. The average Bonchev–Trinajstić information content (AvgIpc) is 3.07. The third-order valence-electron chi connectivity index (χ3n) is 4.03. The van der Waals surface area contributed by atoms with E-state index in [0.29, 0.717) is 5.69 Å². The molecule has 1 heterocycles. The number of carbonyl (C=O) groups excluding carboxylic acids is 1. The molecule has 2 N–H and O–H groups in total. The minimum absolute atomic E-state index is 0.144. The summed E-state index contributed by atoms with van der Waals surface area (Å²) in [6, 6.07) is 27.6. The predicted octanol–water partition coefficient (Wildman–Crippen LogP) is 5.09. The summed E-state index contributed by atoms with van der Waals surface area (Å²) in [6.45, 7) is 0. The average molecular weight is 312 g/mol. The molecule has 4 aromatic rings. The number of aromatic nitrogens is 1. The molecule has 0 bridgehead atoms. The van der Waals surface area contributed by atoms with E-state index < -0.39 is 0 Å². The van der Waals surface area contributed by atoms with Crippen LogP contribution in [0.2, 0.25) is 0 Å². The van der Waals surface area contributed by atoms with Crippen LogP contribution in [0.1, 0.15) is 10.5 Å². The Kier molecular flexibility index (Phi) is 3.60. The van der Waals surface area contributed by atoms with E-state index >= 15 is 0 Å². The maximum absolute atomic E-state index is 12.6. The van der Waals surface area contributed by atoms with Crippen molar-refractivity contribution in [3.63, 3.8) is 0 Å². The molecule has 1 aromatic heterocycles. The van der Waals surface area contributed by atoms with Gasteiger partial charge in [0.2, 0.25) is 0 Å². The lowest BCUT2D eigenvalue weighted by Gasteiger charge is -2.10. The maximum Gasteiger partial charge on any atom is 0.272 e. The molecule has 0 aliphatic heterocycles. The van der Waals surface area contributed by atoms with Crippen LogP contribution < -0.4 is 5.32 Å². The van der Waals surface area contributed by atoms with Crippen LogP contribution in [-0.2, 0) is 0 Å². The summed E-state index contributed by atoms with van der Waals surface area (Å²) in [7, 11) is 0. The largest absolute Gasteiger partial charge is 0.351 e. The van der Waals surface area contributed by atoms with E-state index in [1.807, 2.05) is 84.9 Å². The number of aromatic amines is 1. The number of nitrogens with one attached hydrogen (secondary N) is 2. The smallest absolute Gasteiger partial charge is 0.272 e. The predicted molar refractivity (Wildman–Crippen MR) is 98.1 cm³/mol. The van der Waals surface area contributed by atoms with Gasteiger partial charge < -0.3 is 10.3 Å². The first kappa shape index (κ1) is 14.3. The van der Waals surface area contributed by atoms with Crippen molar-refractivity contribution >= 4 is 22.5 Å². The van der Waals surface area contributed by atoms with Gasteiger partial charge in [-0.3, -0.25) is 4.79 Å².